The molecule has 1 heterocycles. The summed E-state index contributed by atoms with van der Waals surface area (Å²) in [5.41, 5.74) is 6.00. The largest absolute Gasteiger partial charge is 0.446 e. The molecule has 5 nitrogen and oxygen atoms in total. The average molecular weight is 211 g/mol. The van der Waals surface area contributed by atoms with E-state index in [1.54, 1.807) is 0 Å². The van der Waals surface area contributed by atoms with Gasteiger partial charge in [0.2, 0.25) is 5.89 Å². The summed E-state index contributed by atoms with van der Waals surface area (Å²) in [6.45, 7) is 5.70. The van der Waals surface area contributed by atoms with E-state index in [0.29, 0.717) is 5.89 Å². The molecule has 1 aromatic heterocycles. The van der Waals surface area contributed by atoms with E-state index in [2.05, 4.69) is 10.3 Å². The second-order valence-corrected chi connectivity index (χ2v) is 3.71. The monoisotopic (exact) mass is 211 g/mol. The third kappa shape index (κ3) is 3.06. The number of nitrogens with zero attached hydrogens (tertiary/aromatic N) is 1. The maximum Gasteiger partial charge on any atom is 0.273 e. The number of hydrogen-bond acceptors (Lipinski definition) is 4. The first-order valence-electron chi connectivity index (χ1n) is 5.06. The van der Waals surface area contributed by atoms with E-state index in [4.69, 9.17) is 10.2 Å². The topological polar surface area (TPSA) is 81.1 Å². The Labute approximate surface area is 89.1 Å². The molecule has 3 N–H and O–H groups in total. The van der Waals surface area contributed by atoms with Crippen molar-refractivity contribution < 1.29 is 9.21 Å². The summed E-state index contributed by atoms with van der Waals surface area (Å²) < 4.78 is 5.12. The molecule has 5 heteroatoms. The smallest absolute Gasteiger partial charge is 0.273 e. The molecule has 84 valence electrons. The van der Waals surface area contributed by atoms with Gasteiger partial charge >= 0.3 is 0 Å². The van der Waals surface area contributed by atoms with E-state index in [9.17, 15) is 4.79 Å². The van der Waals surface area contributed by atoms with Gasteiger partial charge in [-0.05, 0) is 20.3 Å². The Morgan fingerprint density at radius 1 is 1.67 bits per heavy atom. The van der Waals surface area contributed by atoms with Crippen LogP contribution in [0.1, 0.15) is 49.6 Å². The van der Waals surface area contributed by atoms with Crippen molar-refractivity contribution in [2.24, 2.45) is 5.73 Å². The van der Waals surface area contributed by atoms with Crippen LogP contribution in [-0.2, 0) is 0 Å². The summed E-state index contributed by atoms with van der Waals surface area (Å²) in [6.07, 6.45) is 2.06. The minimum atomic E-state index is -0.245. The number of nitrogens with one attached hydrogen (secondary N) is 1. The number of carbonyl (C=O) groups is 1. The van der Waals surface area contributed by atoms with Crippen molar-refractivity contribution in [3.05, 3.63) is 17.8 Å². The van der Waals surface area contributed by atoms with Crippen LogP contribution in [0.2, 0.25) is 0 Å². The SMILES string of the molecule is CCC(N)c1nc(C(=O)NC(C)C)co1. The molecule has 1 amide bonds. The first-order valence-corrected chi connectivity index (χ1v) is 5.06. The van der Waals surface area contributed by atoms with Crippen LogP contribution in [0.4, 0.5) is 0 Å². The standard InChI is InChI=1S/C10H17N3O2/c1-4-7(11)10-13-8(5-15-10)9(14)12-6(2)3/h5-7H,4,11H2,1-3H3,(H,12,14). The van der Waals surface area contributed by atoms with Crippen LogP contribution in [0.15, 0.2) is 10.7 Å². The predicted molar refractivity (Wildman–Crippen MR) is 56.3 cm³/mol. The third-order valence-corrected chi connectivity index (χ3v) is 1.93. The second kappa shape index (κ2) is 4.93. The van der Waals surface area contributed by atoms with Gasteiger partial charge in [-0.25, -0.2) is 4.98 Å². The lowest BCUT2D eigenvalue weighted by Crippen LogP contribution is -2.30. The Balaban J connectivity index is 2.71. The summed E-state index contributed by atoms with van der Waals surface area (Å²) >= 11 is 0. The summed E-state index contributed by atoms with van der Waals surface area (Å²) in [7, 11) is 0. The van der Waals surface area contributed by atoms with Crippen molar-refractivity contribution in [1.82, 2.24) is 10.3 Å². The summed E-state index contributed by atoms with van der Waals surface area (Å²) in [5, 5.41) is 2.73. The predicted octanol–water partition coefficient (Wildman–Crippen LogP) is 1.22. The molecule has 0 aromatic carbocycles. The number of rotatable bonds is 4. The molecule has 0 aliphatic carbocycles. The Morgan fingerprint density at radius 3 is 2.87 bits per heavy atom. The van der Waals surface area contributed by atoms with Crippen LogP contribution in [0, 0.1) is 0 Å². The van der Waals surface area contributed by atoms with Crippen LogP contribution in [0.5, 0.6) is 0 Å². The molecule has 0 aliphatic rings. The van der Waals surface area contributed by atoms with Crippen molar-refractivity contribution >= 4 is 5.91 Å². The third-order valence-electron chi connectivity index (χ3n) is 1.93. The maximum atomic E-state index is 11.5. The highest BCUT2D eigenvalue weighted by atomic mass is 16.3. The van der Waals surface area contributed by atoms with Crippen molar-refractivity contribution in [3.63, 3.8) is 0 Å². The quantitative estimate of drug-likeness (QED) is 0.784. The summed E-state index contributed by atoms with van der Waals surface area (Å²) in [6, 6.07) is -0.164. The Hall–Kier alpha value is -1.36. The van der Waals surface area contributed by atoms with Crippen LogP contribution >= 0.6 is 0 Å². The van der Waals surface area contributed by atoms with E-state index in [0.717, 1.165) is 6.42 Å². The molecular formula is C10H17N3O2. The molecule has 0 fully saturated rings. The molecule has 0 aliphatic heterocycles. The van der Waals surface area contributed by atoms with Crippen molar-refractivity contribution in [3.8, 4) is 0 Å². The Bertz CT molecular complexity index is 333. The van der Waals surface area contributed by atoms with Crippen molar-refractivity contribution in [2.45, 2.75) is 39.3 Å². The average Bonchev–Trinajstić information content (AvgIpc) is 2.64. The fourth-order valence-electron chi connectivity index (χ4n) is 1.07. The Morgan fingerprint density at radius 2 is 2.33 bits per heavy atom. The van der Waals surface area contributed by atoms with Gasteiger partial charge in [-0.3, -0.25) is 4.79 Å². The van der Waals surface area contributed by atoms with Crippen LogP contribution in [0.25, 0.3) is 0 Å². The molecule has 0 radical (unpaired) electrons. The fourth-order valence-corrected chi connectivity index (χ4v) is 1.07. The highest BCUT2D eigenvalue weighted by Crippen LogP contribution is 2.12. The highest BCUT2D eigenvalue weighted by molar-refractivity contribution is 5.92. The number of nitrogens with two attached hydrogens (primary N) is 1. The van der Waals surface area contributed by atoms with E-state index in [1.165, 1.54) is 6.26 Å². The lowest BCUT2D eigenvalue weighted by atomic mass is 10.2. The van der Waals surface area contributed by atoms with E-state index >= 15 is 0 Å². The number of hydrogen-bond donors (Lipinski definition) is 2. The molecule has 0 spiro atoms. The molecule has 0 saturated heterocycles. The first kappa shape index (κ1) is 11.7. The van der Waals surface area contributed by atoms with Crippen molar-refractivity contribution in [1.29, 1.82) is 0 Å². The number of oxazole rings is 1. The van der Waals surface area contributed by atoms with E-state index in [-0.39, 0.29) is 23.7 Å². The molecule has 1 unspecified atom stereocenters. The van der Waals surface area contributed by atoms with Gasteiger partial charge in [0.05, 0.1) is 6.04 Å². The van der Waals surface area contributed by atoms with Gasteiger partial charge < -0.3 is 15.5 Å². The van der Waals surface area contributed by atoms with Crippen LogP contribution in [0.3, 0.4) is 0 Å². The zero-order chi connectivity index (χ0) is 11.4. The molecule has 1 atom stereocenters. The summed E-state index contributed by atoms with van der Waals surface area (Å²) in [5.74, 6) is 0.176. The van der Waals surface area contributed by atoms with E-state index in [1.807, 2.05) is 20.8 Å². The fraction of sp³-hybridized carbons (Fsp3) is 0.600. The minimum absolute atomic E-state index is 0.0810. The number of aromatic nitrogens is 1. The zero-order valence-electron chi connectivity index (χ0n) is 9.28. The van der Waals surface area contributed by atoms with Gasteiger partial charge in [0.25, 0.3) is 5.91 Å². The van der Waals surface area contributed by atoms with Crippen LogP contribution < -0.4 is 11.1 Å². The van der Waals surface area contributed by atoms with Gasteiger partial charge in [-0.15, -0.1) is 0 Å². The Kier molecular flexibility index (Phi) is 3.85. The van der Waals surface area contributed by atoms with Gasteiger partial charge in [0, 0.05) is 6.04 Å². The molecular weight excluding hydrogens is 194 g/mol. The lowest BCUT2D eigenvalue weighted by Gasteiger charge is -2.05. The van der Waals surface area contributed by atoms with E-state index < -0.39 is 0 Å². The molecule has 0 saturated carbocycles. The van der Waals surface area contributed by atoms with Crippen LogP contribution in [-0.4, -0.2) is 16.9 Å². The number of amides is 1. The minimum Gasteiger partial charge on any atom is -0.446 e. The zero-order valence-corrected chi connectivity index (χ0v) is 9.28. The van der Waals surface area contributed by atoms with Gasteiger partial charge in [0.1, 0.15) is 6.26 Å². The normalized spacial score (nSPS) is 12.9. The second-order valence-electron chi connectivity index (χ2n) is 3.71. The first-order chi connectivity index (χ1) is 7.04. The molecule has 0 bridgehead atoms. The van der Waals surface area contributed by atoms with Gasteiger partial charge in [-0.2, -0.15) is 0 Å². The highest BCUT2D eigenvalue weighted by Gasteiger charge is 2.15. The summed E-state index contributed by atoms with van der Waals surface area (Å²) in [4.78, 5) is 15.5. The molecule has 15 heavy (non-hydrogen) atoms. The molecule has 1 rings (SSSR count). The van der Waals surface area contributed by atoms with Gasteiger partial charge in [-0.1, -0.05) is 6.92 Å². The lowest BCUT2D eigenvalue weighted by molar-refractivity contribution is 0.0938. The number of carbonyl (C=O) groups excluding carboxylic acids is 1. The maximum absolute atomic E-state index is 11.5. The molecule has 1 aromatic rings. The van der Waals surface area contributed by atoms with Gasteiger partial charge in [0.15, 0.2) is 5.69 Å². The van der Waals surface area contributed by atoms with Crippen molar-refractivity contribution in [2.75, 3.05) is 0 Å².